The number of nitrogens with zero attached hydrogens (tertiary/aromatic N) is 1. The molecule has 1 heterocycles. The van der Waals surface area contributed by atoms with Crippen LogP contribution in [0.1, 0.15) is 5.56 Å². The standard InChI is InChI=1S/C13H12Cl2N2S/c1-16-13-9(3-2-6-17-13)8-18-10-4-5-11(14)12(15)7-10/h2-7H,8H2,1H3,(H,16,17). The third kappa shape index (κ3) is 3.31. The van der Waals surface area contributed by atoms with E-state index in [4.69, 9.17) is 23.2 Å². The van der Waals surface area contributed by atoms with Gasteiger partial charge in [0.15, 0.2) is 0 Å². The van der Waals surface area contributed by atoms with E-state index in [-0.39, 0.29) is 0 Å². The molecule has 0 aliphatic rings. The molecule has 0 fully saturated rings. The molecule has 18 heavy (non-hydrogen) atoms. The van der Waals surface area contributed by atoms with Crippen molar-refractivity contribution in [3.05, 3.63) is 52.1 Å². The van der Waals surface area contributed by atoms with Crippen LogP contribution in [0, 0.1) is 0 Å². The van der Waals surface area contributed by atoms with Crippen LogP contribution in [-0.4, -0.2) is 12.0 Å². The number of rotatable bonds is 4. The van der Waals surface area contributed by atoms with E-state index < -0.39 is 0 Å². The number of thioether (sulfide) groups is 1. The highest BCUT2D eigenvalue weighted by atomic mass is 35.5. The van der Waals surface area contributed by atoms with E-state index in [1.807, 2.05) is 31.3 Å². The number of halogens is 2. The predicted molar refractivity (Wildman–Crippen MR) is 79.8 cm³/mol. The molecular weight excluding hydrogens is 287 g/mol. The number of benzene rings is 1. The average molecular weight is 299 g/mol. The highest BCUT2D eigenvalue weighted by molar-refractivity contribution is 7.98. The number of nitrogens with one attached hydrogen (secondary N) is 1. The van der Waals surface area contributed by atoms with Crippen LogP contribution in [0.15, 0.2) is 41.4 Å². The fourth-order valence-electron chi connectivity index (χ4n) is 1.51. The Morgan fingerprint density at radius 2 is 2.06 bits per heavy atom. The molecule has 1 aromatic carbocycles. The minimum absolute atomic E-state index is 0.582. The van der Waals surface area contributed by atoms with Crippen LogP contribution in [0.4, 0.5) is 5.82 Å². The monoisotopic (exact) mass is 298 g/mol. The SMILES string of the molecule is CNc1ncccc1CSc1ccc(Cl)c(Cl)c1. The van der Waals surface area contributed by atoms with Crippen molar-refractivity contribution in [1.82, 2.24) is 4.98 Å². The molecule has 1 aromatic heterocycles. The number of aromatic nitrogens is 1. The zero-order chi connectivity index (χ0) is 13.0. The summed E-state index contributed by atoms with van der Waals surface area (Å²) in [6.45, 7) is 0. The maximum Gasteiger partial charge on any atom is 0.129 e. The Morgan fingerprint density at radius 3 is 2.78 bits per heavy atom. The van der Waals surface area contributed by atoms with Crippen molar-refractivity contribution < 1.29 is 0 Å². The lowest BCUT2D eigenvalue weighted by molar-refractivity contribution is 1.22. The summed E-state index contributed by atoms with van der Waals surface area (Å²) in [5.41, 5.74) is 1.16. The van der Waals surface area contributed by atoms with Gasteiger partial charge in [0.1, 0.15) is 5.82 Å². The van der Waals surface area contributed by atoms with Crippen LogP contribution in [0.5, 0.6) is 0 Å². The first-order chi connectivity index (χ1) is 8.70. The molecule has 0 unspecified atom stereocenters. The maximum atomic E-state index is 5.98. The van der Waals surface area contributed by atoms with Gasteiger partial charge in [-0.15, -0.1) is 11.8 Å². The summed E-state index contributed by atoms with van der Waals surface area (Å²) in [5, 5.41) is 4.25. The van der Waals surface area contributed by atoms with Gasteiger partial charge in [-0.25, -0.2) is 4.98 Å². The minimum Gasteiger partial charge on any atom is -0.373 e. The molecule has 0 radical (unpaired) electrons. The van der Waals surface area contributed by atoms with Crippen molar-refractivity contribution in [2.24, 2.45) is 0 Å². The van der Waals surface area contributed by atoms with Gasteiger partial charge in [-0.2, -0.15) is 0 Å². The van der Waals surface area contributed by atoms with Crippen LogP contribution in [0.25, 0.3) is 0 Å². The molecule has 0 bridgehead atoms. The van der Waals surface area contributed by atoms with Crippen molar-refractivity contribution in [3.8, 4) is 0 Å². The van der Waals surface area contributed by atoms with E-state index in [2.05, 4.69) is 16.4 Å². The molecule has 0 spiro atoms. The first kappa shape index (κ1) is 13.5. The zero-order valence-corrected chi connectivity index (χ0v) is 12.1. The van der Waals surface area contributed by atoms with Gasteiger partial charge in [0.2, 0.25) is 0 Å². The van der Waals surface area contributed by atoms with E-state index >= 15 is 0 Å². The van der Waals surface area contributed by atoms with Crippen molar-refractivity contribution in [2.45, 2.75) is 10.6 Å². The number of hydrogen-bond acceptors (Lipinski definition) is 3. The van der Waals surface area contributed by atoms with Gasteiger partial charge in [0.25, 0.3) is 0 Å². The average Bonchev–Trinajstić information content (AvgIpc) is 2.40. The summed E-state index contributed by atoms with van der Waals surface area (Å²) in [4.78, 5) is 5.36. The van der Waals surface area contributed by atoms with Crippen LogP contribution in [0.2, 0.25) is 10.0 Å². The highest BCUT2D eigenvalue weighted by Gasteiger charge is 2.04. The van der Waals surface area contributed by atoms with Gasteiger partial charge in [0, 0.05) is 29.5 Å². The molecule has 0 amide bonds. The van der Waals surface area contributed by atoms with Gasteiger partial charge in [-0.05, 0) is 24.3 Å². The van der Waals surface area contributed by atoms with E-state index in [1.54, 1.807) is 18.0 Å². The molecule has 2 aromatic rings. The summed E-state index contributed by atoms with van der Waals surface area (Å²) in [7, 11) is 1.87. The van der Waals surface area contributed by atoms with Crippen LogP contribution < -0.4 is 5.32 Å². The zero-order valence-electron chi connectivity index (χ0n) is 9.78. The van der Waals surface area contributed by atoms with Crippen molar-refractivity contribution >= 4 is 40.8 Å². The second-order valence-corrected chi connectivity index (χ2v) is 5.49. The Morgan fingerprint density at radius 1 is 1.22 bits per heavy atom. The number of anilines is 1. The van der Waals surface area contributed by atoms with Gasteiger partial charge in [-0.3, -0.25) is 0 Å². The Kier molecular flexibility index (Phi) is 4.75. The molecule has 5 heteroatoms. The van der Waals surface area contributed by atoms with Crippen LogP contribution >= 0.6 is 35.0 Å². The smallest absolute Gasteiger partial charge is 0.129 e. The molecule has 2 rings (SSSR count). The molecule has 0 aliphatic carbocycles. The lowest BCUT2D eigenvalue weighted by atomic mass is 10.3. The van der Waals surface area contributed by atoms with Crippen molar-refractivity contribution in [3.63, 3.8) is 0 Å². The van der Waals surface area contributed by atoms with Gasteiger partial charge in [0.05, 0.1) is 10.0 Å². The summed E-state index contributed by atoms with van der Waals surface area (Å²) < 4.78 is 0. The topological polar surface area (TPSA) is 24.9 Å². The minimum atomic E-state index is 0.582. The lowest BCUT2D eigenvalue weighted by Crippen LogP contribution is -1.96. The fourth-order valence-corrected chi connectivity index (χ4v) is 2.79. The normalized spacial score (nSPS) is 10.4. The van der Waals surface area contributed by atoms with Crippen LogP contribution in [-0.2, 0) is 5.75 Å². The highest BCUT2D eigenvalue weighted by Crippen LogP contribution is 2.30. The Hall–Kier alpha value is -0.900. The summed E-state index contributed by atoms with van der Waals surface area (Å²) in [6, 6.07) is 9.65. The Balaban J connectivity index is 2.09. The fraction of sp³-hybridized carbons (Fsp3) is 0.154. The first-order valence-electron chi connectivity index (χ1n) is 5.40. The van der Waals surface area contributed by atoms with Gasteiger partial charge < -0.3 is 5.32 Å². The predicted octanol–water partition coefficient (Wildman–Crippen LogP) is 4.72. The lowest BCUT2D eigenvalue weighted by Gasteiger charge is -2.07. The van der Waals surface area contributed by atoms with E-state index in [1.165, 1.54) is 0 Å². The second-order valence-electron chi connectivity index (χ2n) is 3.63. The van der Waals surface area contributed by atoms with Gasteiger partial charge >= 0.3 is 0 Å². The molecule has 0 saturated heterocycles. The molecule has 2 nitrogen and oxygen atoms in total. The van der Waals surface area contributed by atoms with E-state index in [9.17, 15) is 0 Å². The van der Waals surface area contributed by atoms with E-state index in [0.717, 1.165) is 22.0 Å². The van der Waals surface area contributed by atoms with Crippen LogP contribution in [0.3, 0.4) is 0 Å². The summed E-state index contributed by atoms with van der Waals surface area (Å²) >= 11 is 13.6. The van der Waals surface area contributed by atoms with Crippen molar-refractivity contribution in [1.29, 1.82) is 0 Å². The molecule has 94 valence electrons. The molecule has 0 atom stereocenters. The molecule has 0 saturated carbocycles. The molecule has 0 aliphatic heterocycles. The quantitative estimate of drug-likeness (QED) is 0.827. The first-order valence-corrected chi connectivity index (χ1v) is 7.14. The summed E-state index contributed by atoms with van der Waals surface area (Å²) in [6.07, 6.45) is 1.78. The summed E-state index contributed by atoms with van der Waals surface area (Å²) in [5.74, 6) is 1.74. The number of hydrogen-bond donors (Lipinski definition) is 1. The number of pyridine rings is 1. The molecule has 1 N–H and O–H groups in total. The third-order valence-electron chi connectivity index (χ3n) is 2.41. The Bertz CT molecular complexity index is 546. The third-order valence-corrected chi connectivity index (χ3v) is 4.20. The second kappa shape index (κ2) is 6.32. The largest absolute Gasteiger partial charge is 0.373 e. The van der Waals surface area contributed by atoms with E-state index in [0.29, 0.717) is 10.0 Å². The van der Waals surface area contributed by atoms with Crippen molar-refractivity contribution in [2.75, 3.05) is 12.4 Å². The van der Waals surface area contributed by atoms with Gasteiger partial charge in [-0.1, -0.05) is 29.3 Å². The maximum absolute atomic E-state index is 5.98. The molecular formula is C13H12Cl2N2S. The Labute approximate surface area is 121 Å².